The van der Waals surface area contributed by atoms with Crippen molar-refractivity contribution in [2.24, 2.45) is 0 Å². The van der Waals surface area contributed by atoms with Crippen molar-refractivity contribution in [3.8, 4) is 0 Å². The molecule has 0 aliphatic carbocycles. The molecule has 138 valence electrons. The normalized spacial score (nSPS) is 10.6. The maximum Gasteiger partial charge on any atom is 0.275 e. The molecular weight excluding hydrogens is 350 g/mol. The van der Waals surface area contributed by atoms with Crippen LogP contribution >= 0.6 is 0 Å². The molecule has 0 saturated carbocycles. The van der Waals surface area contributed by atoms with E-state index in [0.29, 0.717) is 18.1 Å². The van der Waals surface area contributed by atoms with E-state index in [1.165, 1.54) is 11.8 Å². The summed E-state index contributed by atoms with van der Waals surface area (Å²) in [6.45, 7) is 2.70. The third-order valence-electron chi connectivity index (χ3n) is 4.36. The lowest BCUT2D eigenvalue weighted by molar-refractivity contribution is 0.102. The van der Waals surface area contributed by atoms with Gasteiger partial charge in [0.05, 0.1) is 23.6 Å². The molecule has 2 N–H and O–H groups in total. The Hall–Kier alpha value is -3.80. The highest BCUT2D eigenvalue weighted by atomic mass is 16.1. The van der Waals surface area contributed by atoms with Crippen molar-refractivity contribution < 1.29 is 4.79 Å². The number of carbonyl (C=O) groups is 1. The summed E-state index contributed by atoms with van der Waals surface area (Å²) in [5.41, 5.74) is 4.00. The summed E-state index contributed by atoms with van der Waals surface area (Å²) in [4.78, 5) is 25.4. The molecule has 4 rings (SSSR count). The van der Waals surface area contributed by atoms with Crippen molar-refractivity contribution in [2.75, 3.05) is 10.6 Å². The van der Waals surface area contributed by atoms with Gasteiger partial charge in [0.1, 0.15) is 11.5 Å². The summed E-state index contributed by atoms with van der Waals surface area (Å²) < 4.78 is 0. The van der Waals surface area contributed by atoms with Crippen LogP contribution in [0.1, 0.15) is 21.6 Å². The predicted molar refractivity (Wildman–Crippen MR) is 110 cm³/mol. The Morgan fingerprint density at radius 1 is 0.929 bits per heavy atom. The lowest BCUT2D eigenvalue weighted by Crippen LogP contribution is -2.15. The quantitative estimate of drug-likeness (QED) is 0.551. The monoisotopic (exact) mass is 369 g/mol. The van der Waals surface area contributed by atoms with Gasteiger partial charge in [0, 0.05) is 18.1 Å². The zero-order valence-corrected chi connectivity index (χ0v) is 15.4. The summed E-state index contributed by atoms with van der Waals surface area (Å²) in [5, 5.41) is 7.02. The SMILES string of the molecule is Cc1ccc(CNc2cnc(C(=O)Nc3cccc4cccnc34)cn2)cc1. The maximum absolute atomic E-state index is 12.5. The predicted octanol–water partition coefficient (Wildman–Crippen LogP) is 4.20. The Morgan fingerprint density at radius 2 is 1.75 bits per heavy atom. The van der Waals surface area contributed by atoms with E-state index in [1.807, 2.05) is 30.3 Å². The molecule has 0 atom stereocenters. The standard InChI is InChI=1S/C22H19N5O/c1-15-7-9-16(10-8-15)12-25-20-14-24-19(13-26-20)22(28)27-18-6-2-4-17-5-3-11-23-21(17)18/h2-11,13-14H,12H2,1H3,(H,25,26)(H,27,28). The lowest BCUT2D eigenvalue weighted by Gasteiger charge is -2.08. The minimum Gasteiger partial charge on any atom is -0.365 e. The van der Waals surface area contributed by atoms with E-state index in [2.05, 4.69) is 56.8 Å². The number of nitrogens with one attached hydrogen (secondary N) is 2. The molecule has 2 aromatic carbocycles. The van der Waals surface area contributed by atoms with E-state index in [9.17, 15) is 4.79 Å². The molecule has 0 aliphatic rings. The van der Waals surface area contributed by atoms with E-state index in [-0.39, 0.29) is 11.6 Å². The van der Waals surface area contributed by atoms with Crippen molar-refractivity contribution in [3.05, 3.63) is 90.0 Å². The van der Waals surface area contributed by atoms with Crippen molar-refractivity contribution in [3.63, 3.8) is 0 Å². The molecule has 4 aromatic rings. The van der Waals surface area contributed by atoms with E-state index in [4.69, 9.17) is 0 Å². The summed E-state index contributed by atoms with van der Waals surface area (Å²) >= 11 is 0. The summed E-state index contributed by atoms with van der Waals surface area (Å²) in [6, 6.07) is 17.7. The number of hydrogen-bond acceptors (Lipinski definition) is 5. The first kappa shape index (κ1) is 17.6. The van der Waals surface area contributed by atoms with Crippen molar-refractivity contribution in [2.45, 2.75) is 13.5 Å². The van der Waals surface area contributed by atoms with E-state index >= 15 is 0 Å². The number of aryl methyl sites for hydroxylation is 1. The van der Waals surface area contributed by atoms with Crippen LogP contribution in [-0.2, 0) is 6.54 Å². The van der Waals surface area contributed by atoms with Crippen LogP contribution in [0, 0.1) is 6.92 Å². The van der Waals surface area contributed by atoms with Crippen LogP contribution in [0.15, 0.2) is 73.2 Å². The number of amides is 1. The molecule has 0 radical (unpaired) electrons. The number of pyridine rings is 1. The zero-order chi connectivity index (χ0) is 19.3. The fourth-order valence-corrected chi connectivity index (χ4v) is 2.83. The largest absolute Gasteiger partial charge is 0.365 e. The first-order valence-corrected chi connectivity index (χ1v) is 8.95. The van der Waals surface area contributed by atoms with Crippen LogP contribution < -0.4 is 10.6 Å². The fraction of sp³-hybridized carbons (Fsp3) is 0.0909. The number of fused-ring (bicyclic) bond motifs is 1. The van der Waals surface area contributed by atoms with E-state index in [0.717, 1.165) is 16.5 Å². The van der Waals surface area contributed by atoms with Gasteiger partial charge >= 0.3 is 0 Å². The minimum atomic E-state index is -0.323. The Morgan fingerprint density at radius 3 is 2.54 bits per heavy atom. The number of anilines is 2. The molecule has 2 aromatic heterocycles. The lowest BCUT2D eigenvalue weighted by atomic mass is 10.1. The second-order valence-corrected chi connectivity index (χ2v) is 6.46. The maximum atomic E-state index is 12.5. The smallest absolute Gasteiger partial charge is 0.275 e. The molecule has 0 fully saturated rings. The Bertz CT molecular complexity index is 1100. The van der Waals surface area contributed by atoms with Crippen molar-refractivity contribution in [1.82, 2.24) is 15.0 Å². The van der Waals surface area contributed by atoms with Crippen LogP contribution in [0.3, 0.4) is 0 Å². The number of carbonyl (C=O) groups excluding carboxylic acids is 1. The van der Waals surface area contributed by atoms with E-state index in [1.54, 1.807) is 12.4 Å². The summed E-state index contributed by atoms with van der Waals surface area (Å²) in [6.07, 6.45) is 4.72. The number of para-hydroxylation sites is 1. The van der Waals surface area contributed by atoms with E-state index < -0.39 is 0 Å². The molecule has 28 heavy (non-hydrogen) atoms. The second kappa shape index (κ2) is 7.84. The molecule has 0 spiro atoms. The van der Waals surface area contributed by atoms with Crippen molar-refractivity contribution in [1.29, 1.82) is 0 Å². The van der Waals surface area contributed by atoms with Gasteiger partial charge in [-0.1, -0.05) is 48.0 Å². The molecule has 0 saturated heterocycles. The molecule has 0 aliphatic heterocycles. The van der Waals surface area contributed by atoms with Gasteiger partial charge in [-0.3, -0.25) is 9.78 Å². The topological polar surface area (TPSA) is 79.8 Å². The first-order chi connectivity index (χ1) is 13.7. The highest BCUT2D eigenvalue weighted by Gasteiger charge is 2.11. The van der Waals surface area contributed by atoms with Crippen LogP contribution in [0.2, 0.25) is 0 Å². The van der Waals surface area contributed by atoms with Gasteiger partial charge in [-0.15, -0.1) is 0 Å². The highest BCUT2D eigenvalue weighted by molar-refractivity contribution is 6.07. The van der Waals surface area contributed by atoms with Crippen LogP contribution in [0.25, 0.3) is 10.9 Å². The van der Waals surface area contributed by atoms with Gasteiger partial charge in [-0.2, -0.15) is 0 Å². The fourth-order valence-electron chi connectivity index (χ4n) is 2.83. The second-order valence-electron chi connectivity index (χ2n) is 6.46. The van der Waals surface area contributed by atoms with Crippen LogP contribution in [0.4, 0.5) is 11.5 Å². The summed E-state index contributed by atoms with van der Waals surface area (Å²) in [7, 11) is 0. The average molecular weight is 369 g/mol. The number of rotatable bonds is 5. The Balaban J connectivity index is 1.43. The minimum absolute atomic E-state index is 0.244. The number of aromatic nitrogens is 3. The van der Waals surface area contributed by atoms with Gasteiger partial charge in [-0.05, 0) is 24.6 Å². The molecule has 6 heteroatoms. The number of nitrogens with zero attached hydrogens (tertiary/aromatic N) is 3. The molecular formula is C22H19N5O. The van der Waals surface area contributed by atoms with Crippen LogP contribution in [-0.4, -0.2) is 20.9 Å². The molecule has 0 bridgehead atoms. The zero-order valence-electron chi connectivity index (χ0n) is 15.4. The molecule has 1 amide bonds. The number of hydrogen-bond donors (Lipinski definition) is 2. The summed E-state index contributed by atoms with van der Waals surface area (Å²) in [5.74, 6) is 0.291. The molecule has 2 heterocycles. The van der Waals surface area contributed by atoms with Gasteiger partial charge < -0.3 is 10.6 Å². The Kier molecular flexibility index (Phi) is 4.93. The third kappa shape index (κ3) is 3.96. The molecule has 6 nitrogen and oxygen atoms in total. The van der Waals surface area contributed by atoms with Gasteiger partial charge in [0.2, 0.25) is 0 Å². The van der Waals surface area contributed by atoms with Gasteiger partial charge in [0.25, 0.3) is 5.91 Å². The van der Waals surface area contributed by atoms with Crippen molar-refractivity contribution >= 4 is 28.3 Å². The first-order valence-electron chi connectivity index (χ1n) is 8.95. The average Bonchev–Trinajstić information content (AvgIpc) is 2.74. The van der Waals surface area contributed by atoms with Gasteiger partial charge in [0.15, 0.2) is 0 Å². The van der Waals surface area contributed by atoms with Gasteiger partial charge in [-0.25, -0.2) is 9.97 Å². The number of benzene rings is 2. The van der Waals surface area contributed by atoms with Crippen LogP contribution in [0.5, 0.6) is 0 Å². The highest BCUT2D eigenvalue weighted by Crippen LogP contribution is 2.21. The molecule has 0 unspecified atom stereocenters. The third-order valence-corrected chi connectivity index (χ3v) is 4.36. The Labute approximate surface area is 162 Å².